The van der Waals surface area contributed by atoms with Crippen LogP contribution in [-0.4, -0.2) is 43.8 Å². The normalized spacial score (nSPS) is 24.5. The van der Waals surface area contributed by atoms with Crippen LogP contribution in [-0.2, 0) is 4.74 Å². The maximum atomic E-state index is 5.51. The quantitative estimate of drug-likeness (QED) is 0.797. The lowest BCUT2D eigenvalue weighted by atomic mass is 10.0. The molecule has 0 amide bonds. The zero-order valence-electron chi connectivity index (χ0n) is 12.1. The van der Waals surface area contributed by atoms with Crippen molar-refractivity contribution in [1.82, 2.24) is 10.2 Å². The van der Waals surface area contributed by atoms with E-state index in [1.807, 2.05) is 0 Å². The SMILES string of the molecule is CCOCCN1CC(c2ccccc2)NCC1CC. The lowest BCUT2D eigenvalue weighted by Crippen LogP contribution is -2.53. The first-order valence-electron chi connectivity index (χ1n) is 7.45. The molecule has 0 aromatic heterocycles. The summed E-state index contributed by atoms with van der Waals surface area (Å²) in [6, 6.07) is 11.8. The van der Waals surface area contributed by atoms with Gasteiger partial charge in [-0.1, -0.05) is 37.3 Å². The smallest absolute Gasteiger partial charge is 0.0593 e. The van der Waals surface area contributed by atoms with E-state index in [0.717, 1.165) is 32.8 Å². The Morgan fingerprint density at radius 2 is 2.05 bits per heavy atom. The van der Waals surface area contributed by atoms with Gasteiger partial charge >= 0.3 is 0 Å². The summed E-state index contributed by atoms with van der Waals surface area (Å²) in [5.74, 6) is 0. The van der Waals surface area contributed by atoms with Gasteiger partial charge < -0.3 is 10.1 Å². The number of nitrogens with one attached hydrogen (secondary N) is 1. The van der Waals surface area contributed by atoms with Gasteiger partial charge in [0.05, 0.1) is 6.61 Å². The summed E-state index contributed by atoms with van der Waals surface area (Å²) in [7, 11) is 0. The molecule has 0 radical (unpaired) electrons. The van der Waals surface area contributed by atoms with Gasteiger partial charge in [0.1, 0.15) is 0 Å². The summed E-state index contributed by atoms with van der Waals surface area (Å²) >= 11 is 0. The second kappa shape index (κ2) is 7.63. The fraction of sp³-hybridized carbons (Fsp3) is 0.625. The molecule has 3 heteroatoms. The van der Waals surface area contributed by atoms with E-state index in [0.29, 0.717) is 12.1 Å². The first-order chi connectivity index (χ1) is 9.35. The van der Waals surface area contributed by atoms with E-state index >= 15 is 0 Å². The molecule has 1 saturated heterocycles. The number of nitrogens with zero attached hydrogens (tertiary/aromatic N) is 1. The highest BCUT2D eigenvalue weighted by Gasteiger charge is 2.26. The van der Waals surface area contributed by atoms with Crippen molar-refractivity contribution in [3.8, 4) is 0 Å². The van der Waals surface area contributed by atoms with Crippen molar-refractivity contribution in [3.05, 3.63) is 35.9 Å². The predicted molar refractivity (Wildman–Crippen MR) is 79.3 cm³/mol. The van der Waals surface area contributed by atoms with Gasteiger partial charge in [0.2, 0.25) is 0 Å². The van der Waals surface area contributed by atoms with Crippen molar-refractivity contribution < 1.29 is 4.74 Å². The van der Waals surface area contributed by atoms with Crippen LogP contribution in [0.5, 0.6) is 0 Å². The van der Waals surface area contributed by atoms with Crippen LogP contribution in [0.15, 0.2) is 30.3 Å². The largest absolute Gasteiger partial charge is 0.380 e. The molecule has 0 saturated carbocycles. The molecule has 1 heterocycles. The van der Waals surface area contributed by atoms with E-state index in [-0.39, 0.29) is 0 Å². The van der Waals surface area contributed by atoms with Crippen LogP contribution in [0, 0.1) is 0 Å². The monoisotopic (exact) mass is 262 g/mol. The van der Waals surface area contributed by atoms with Crippen molar-refractivity contribution >= 4 is 0 Å². The van der Waals surface area contributed by atoms with Crippen LogP contribution in [0.2, 0.25) is 0 Å². The number of rotatable bonds is 6. The minimum absolute atomic E-state index is 0.450. The molecule has 1 aromatic carbocycles. The van der Waals surface area contributed by atoms with E-state index in [2.05, 4.69) is 54.4 Å². The average molecular weight is 262 g/mol. The zero-order valence-corrected chi connectivity index (χ0v) is 12.1. The summed E-state index contributed by atoms with van der Waals surface area (Å²) in [6.07, 6.45) is 1.20. The van der Waals surface area contributed by atoms with E-state index in [9.17, 15) is 0 Å². The molecule has 0 bridgehead atoms. The molecule has 2 rings (SSSR count). The van der Waals surface area contributed by atoms with Gasteiger partial charge in [-0.25, -0.2) is 0 Å². The van der Waals surface area contributed by atoms with Crippen molar-refractivity contribution in [2.24, 2.45) is 0 Å². The highest BCUT2D eigenvalue weighted by atomic mass is 16.5. The van der Waals surface area contributed by atoms with E-state index in [1.54, 1.807) is 0 Å². The summed E-state index contributed by atoms with van der Waals surface area (Å²) in [5.41, 5.74) is 1.39. The highest BCUT2D eigenvalue weighted by Crippen LogP contribution is 2.20. The minimum atomic E-state index is 0.450. The third-order valence-corrected chi connectivity index (χ3v) is 3.93. The number of hydrogen-bond acceptors (Lipinski definition) is 3. The number of ether oxygens (including phenoxy) is 1. The van der Waals surface area contributed by atoms with Crippen LogP contribution in [0.4, 0.5) is 0 Å². The molecule has 0 aliphatic carbocycles. The van der Waals surface area contributed by atoms with Gasteiger partial charge in [-0.3, -0.25) is 4.90 Å². The molecule has 19 heavy (non-hydrogen) atoms. The van der Waals surface area contributed by atoms with Gasteiger partial charge in [0, 0.05) is 38.3 Å². The second-order valence-corrected chi connectivity index (χ2v) is 5.13. The van der Waals surface area contributed by atoms with Crippen molar-refractivity contribution in [2.75, 3.05) is 32.8 Å². The van der Waals surface area contributed by atoms with Crippen LogP contribution in [0.1, 0.15) is 31.9 Å². The first kappa shape index (κ1) is 14.5. The Kier molecular flexibility index (Phi) is 5.83. The van der Waals surface area contributed by atoms with Gasteiger partial charge in [-0.05, 0) is 18.9 Å². The fourth-order valence-electron chi connectivity index (χ4n) is 2.77. The van der Waals surface area contributed by atoms with Crippen molar-refractivity contribution in [1.29, 1.82) is 0 Å². The molecule has 0 spiro atoms. The maximum Gasteiger partial charge on any atom is 0.0593 e. The Labute approximate surface area is 116 Å². The Morgan fingerprint density at radius 1 is 1.26 bits per heavy atom. The second-order valence-electron chi connectivity index (χ2n) is 5.13. The van der Waals surface area contributed by atoms with E-state index in [4.69, 9.17) is 4.74 Å². The molecule has 1 aliphatic heterocycles. The van der Waals surface area contributed by atoms with E-state index in [1.165, 1.54) is 12.0 Å². The molecule has 3 nitrogen and oxygen atoms in total. The first-order valence-corrected chi connectivity index (χ1v) is 7.45. The van der Waals surface area contributed by atoms with Gasteiger partial charge in [-0.2, -0.15) is 0 Å². The molecular weight excluding hydrogens is 236 g/mol. The average Bonchev–Trinajstić information content (AvgIpc) is 2.48. The third-order valence-electron chi connectivity index (χ3n) is 3.93. The Bertz CT molecular complexity index is 355. The van der Waals surface area contributed by atoms with Gasteiger partial charge in [0.15, 0.2) is 0 Å². The zero-order chi connectivity index (χ0) is 13.5. The summed E-state index contributed by atoms with van der Waals surface area (Å²) in [5, 5.41) is 3.67. The summed E-state index contributed by atoms with van der Waals surface area (Å²) < 4.78 is 5.51. The highest BCUT2D eigenvalue weighted by molar-refractivity contribution is 5.20. The number of hydrogen-bond donors (Lipinski definition) is 1. The Balaban J connectivity index is 1.95. The molecule has 1 aromatic rings. The molecule has 2 unspecified atom stereocenters. The predicted octanol–water partition coefficient (Wildman–Crippen LogP) is 2.45. The van der Waals surface area contributed by atoms with Crippen molar-refractivity contribution in [3.63, 3.8) is 0 Å². The summed E-state index contributed by atoms with van der Waals surface area (Å²) in [4.78, 5) is 2.57. The van der Waals surface area contributed by atoms with E-state index < -0.39 is 0 Å². The Morgan fingerprint density at radius 3 is 2.74 bits per heavy atom. The number of benzene rings is 1. The third kappa shape index (κ3) is 4.03. The van der Waals surface area contributed by atoms with Gasteiger partial charge in [0.25, 0.3) is 0 Å². The standard InChI is InChI=1S/C16H26N2O/c1-3-15-12-17-16(14-8-6-5-7-9-14)13-18(15)10-11-19-4-2/h5-9,15-17H,3-4,10-13H2,1-2H3. The minimum Gasteiger partial charge on any atom is -0.380 e. The lowest BCUT2D eigenvalue weighted by molar-refractivity contribution is 0.0688. The van der Waals surface area contributed by atoms with Crippen LogP contribution >= 0.6 is 0 Å². The molecule has 106 valence electrons. The summed E-state index contributed by atoms with van der Waals surface area (Å²) in [6.45, 7) is 9.17. The van der Waals surface area contributed by atoms with Crippen LogP contribution in [0.3, 0.4) is 0 Å². The maximum absolute atomic E-state index is 5.51. The topological polar surface area (TPSA) is 24.5 Å². The van der Waals surface area contributed by atoms with Crippen LogP contribution in [0.25, 0.3) is 0 Å². The molecule has 1 N–H and O–H groups in total. The molecule has 1 aliphatic rings. The fourth-order valence-corrected chi connectivity index (χ4v) is 2.77. The molecule has 1 fully saturated rings. The molecular formula is C16H26N2O. The number of piperazine rings is 1. The molecule has 2 atom stereocenters. The Hall–Kier alpha value is -0.900. The van der Waals surface area contributed by atoms with Gasteiger partial charge in [-0.15, -0.1) is 0 Å². The van der Waals surface area contributed by atoms with Crippen molar-refractivity contribution in [2.45, 2.75) is 32.4 Å². The van der Waals surface area contributed by atoms with Crippen LogP contribution < -0.4 is 5.32 Å². The lowest BCUT2D eigenvalue weighted by Gasteiger charge is -2.40.